The number of nitrogens with zero attached hydrogens (tertiary/aromatic N) is 3. The molecule has 6 nitrogen and oxygen atoms in total. The van der Waals surface area contributed by atoms with Crippen molar-refractivity contribution >= 4 is 46.4 Å². The Bertz CT molecular complexity index is 1170. The number of rotatable bonds is 6. The van der Waals surface area contributed by atoms with Gasteiger partial charge in [0.2, 0.25) is 0 Å². The second-order valence-corrected chi connectivity index (χ2v) is 9.34. The normalized spacial score (nSPS) is 18.7. The van der Waals surface area contributed by atoms with Crippen LogP contribution in [0, 0.1) is 0 Å². The topological polar surface area (TPSA) is 102 Å². The van der Waals surface area contributed by atoms with Gasteiger partial charge in [-0.25, -0.2) is 15.0 Å². The summed E-state index contributed by atoms with van der Waals surface area (Å²) in [4.78, 5) is 14.2. The molecule has 0 aliphatic heterocycles. The van der Waals surface area contributed by atoms with Crippen LogP contribution < -0.4 is 16.8 Å². The van der Waals surface area contributed by atoms with Crippen molar-refractivity contribution in [3.63, 3.8) is 0 Å². The Morgan fingerprint density at radius 2 is 1.82 bits per heavy atom. The lowest BCUT2D eigenvalue weighted by atomic mass is 9.90. The van der Waals surface area contributed by atoms with E-state index in [1.165, 1.54) is 5.56 Å². The van der Waals surface area contributed by atoms with Gasteiger partial charge < -0.3 is 16.8 Å². The van der Waals surface area contributed by atoms with Gasteiger partial charge in [-0.05, 0) is 60.2 Å². The molecule has 0 radical (unpaired) electrons. The van der Waals surface area contributed by atoms with Gasteiger partial charge in [0, 0.05) is 10.4 Å². The van der Waals surface area contributed by atoms with Gasteiger partial charge in [-0.1, -0.05) is 62.6 Å². The molecule has 172 valence electrons. The molecule has 7 heteroatoms. The van der Waals surface area contributed by atoms with E-state index in [-0.39, 0.29) is 18.0 Å². The van der Waals surface area contributed by atoms with Crippen molar-refractivity contribution in [2.75, 3.05) is 5.32 Å². The second kappa shape index (κ2) is 10.2. The number of anilines is 1. The number of nitrogens with one attached hydrogen (secondary N) is 1. The van der Waals surface area contributed by atoms with Gasteiger partial charge >= 0.3 is 0 Å². The van der Waals surface area contributed by atoms with Crippen molar-refractivity contribution in [2.45, 2.75) is 57.5 Å². The summed E-state index contributed by atoms with van der Waals surface area (Å²) in [5.41, 5.74) is 14.6. The standard InChI is InChI=1S/C26H31ClN6/c1-16(2)18-10-13-21-20(15-18)25(31-22-5-3-4-6-23(22)32-26(28)29)33-24(30-21)14-9-17-7-11-19(27)12-8-17/h7-16,22-23H,3-6H2,1-2H3,(H4,28,29,32)(H,30,31,33)/b14-9+. The molecule has 0 amide bonds. The molecule has 2 unspecified atom stereocenters. The van der Waals surface area contributed by atoms with Gasteiger partial charge in [0.1, 0.15) is 5.82 Å². The molecule has 2 atom stereocenters. The van der Waals surface area contributed by atoms with Crippen LogP contribution in [0.4, 0.5) is 5.82 Å². The van der Waals surface area contributed by atoms with Gasteiger partial charge in [-0.2, -0.15) is 0 Å². The Morgan fingerprint density at radius 3 is 2.55 bits per heavy atom. The summed E-state index contributed by atoms with van der Waals surface area (Å²) in [5.74, 6) is 2.01. The maximum absolute atomic E-state index is 6.00. The van der Waals surface area contributed by atoms with Crippen LogP contribution in [-0.2, 0) is 0 Å². The molecule has 1 aliphatic carbocycles. The predicted octanol–water partition coefficient (Wildman–Crippen LogP) is 5.57. The van der Waals surface area contributed by atoms with Crippen LogP contribution in [0.3, 0.4) is 0 Å². The number of benzene rings is 2. The molecular weight excluding hydrogens is 432 g/mol. The lowest BCUT2D eigenvalue weighted by Gasteiger charge is -2.30. The van der Waals surface area contributed by atoms with Crippen molar-refractivity contribution in [3.05, 3.63) is 64.4 Å². The van der Waals surface area contributed by atoms with Gasteiger partial charge in [0.05, 0.1) is 17.6 Å². The lowest BCUT2D eigenvalue weighted by Crippen LogP contribution is -2.38. The molecule has 1 aliphatic rings. The summed E-state index contributed by atoms with van der Waals surface area (Å²) in [6.07, 6.45) is 8.13. The fraction of sp³-hybridized carbons (Fsp3) is 0.346. The molecule has 1 aromatic heterocycles. The van der Waals surface area contributed by atoms with E-state index >= 15 is 0 Å². The smallest absolute Gasteiger partial charge is 0.186 e. The summed E-state index contributed by atoms with van der Waals surface area (Å²) in [5, 5.41) is 5.40. The highest BCUT2D eigenvalue weighted by atomic mass is 35.5. The lowest BCUT2D eigenvalue weighted by molar-refractivity contribution is 0.405. The van der Waals surface area contributed by atoms with Crippen LogP contribution in [0.15, 0.2) is 47.5 Å². The monoisotopic (exact) mass is 462 g/mol. The molecule has 0 saturated heterocycles. The van der Waals surface area contributed by atoms with E-state index in [0.717, 1.165) is 48.0 Å². The molecule has 33 heavy (non-hydrogen) atoms. The summed E-state index contributed by atoms with van der Waals surface area (Å²) in [6, 6.07) is 14.2. The Kier molecular flexibility index (Phi) is 7.14. The predicted molar refractivity (Wildman–Crippen MR) is 139 cm³/mol. The SMILES string of the molecule is CC(C)c1ccc2nc(/C=C/c3ccc(Cl)cc3)nc(NC3CCCCC3N=C(N)N)c2c1. The molecular formula is C26H31ClN6. The average Bonchev–Trinajstić information content (AvgIpc) is 2.79. The van der Waals surface area contributed by atoms with E-state index in [0.29, 0.717) is 16.8 Å². The van der Waals surface area contributed by atoms with Crippen molar-refractivity contribution in [2.24, 2.45) is 16.5 Å². The molecule has 0 spiro atoms. The first-order chi connectivity index (χ1) is 15.9. The molecule has 1 saturated carbocycles. The first kappa shape index (κ1) is 23.1. The first-order valence-corrected chi connectivity index (χ1v) is 11.9. The molecule has 1 heterocycles. The van der Waals surface area contributed by atoms with Crippen molar-refractivity contribution in [1.29, 1.82) is 0 Å². The number of halogens is 1. The van der Waals surface area contributed by atoms with E-state index in [1.807, 2.05) is 36.4 Å². The number of guanidine groups is 1. The minimum atomic E-state index is 0.0371. The van der Waals surface area contributed by atoms with Crippen LogP contribution >= 0.6 is 11.6 Å². The summed E-state index contributed by atoms with van der Waals surface area (Å²) in [7, 11) is 0. The molecule has 3 aromatic rings. The van der Waals surface area contributed by atoms with Crippen LogP contribution in [0.2, 0.25) is 5.02 Å². The second-order valence-electron chi connectivity index (χ2n) is 8.90. The number of nitrogens with two attached hydrogens (primary N) is 2. The quantitative estimate of drug-likeness (QED) is 0.328. The van der Waals surface area contributed by atoms with E-state index < -0.39 is 0 Å². The van der Waals surface area contributed by atoms with Crippen LogP contribution in [0.5, 0.6) is 0 Å². The third kappa shape index (κ3) is 5.82. The fourth-order valence-electron chi connectivity index (χ4n) is 4.25. The van der Waals surface area contributed by atoms with Gasteiger partial charge in [-0.3, -0.25) is 0 Å². The van der Waals surface area contributed by atoms with Crippen molar-refractivity contribution in [3.8, 4) is 0 Å². The minimum absolute atomic E-state index is 0.0371. The maximum Gasteiger partial charge on any atom is 0.186 e. The maximum atomic E-state index is 6.00. The Labute approximate surface area is 200 Å². The summed E-state index contributed by atoms with van der Waals surface area (Å²) in [6.45, 7) is 4.38. The summed E-state index contributed by atoms with van der Waals surface area (Å²) < 4.78 is 0. The molecule has 5 N–H and O–H groups in total. The van der Waals surface area contributed by atoms with Gasteiger partial charge in [0.15, 0.2) is 11.8 Å². The Hall–Kier alpha value is -3.12. The third-order valence-electron chi connectivity index (χ3n) is 6.07. The summed E-state index contributed by atoms with van der Waals surface area (Å²) >= 11 is 6.00. The number of fused-ring (bicyclic) bond motifs is 1. The van der Waals surface area contributed by atoms with Crippen molar-refractivity contribution in [1.82, 2.24) is 9.97 Å². The number of aromatic nitrogens is 2. The van der Waals surface area contributed by atoms with Gasteiger partial charge in [0.25, 0.3) is 0 Å². The highest BCUT2D eigenvalue weighted by molar-refractivity contribution is 6.30. The number of hydrogen-bond donors (Lipinski definition) is 3. The molecule has 1 fully saturated rings. The molecule has 0 bridgehead atoms. The van der Waals surface area contributed by atoms with Crippen LogP contribution in [0.1, 0.15) is 62.4 Å². The zero-order valence-electron chi connectivity index (χ0n) is 19.1. The van der Waals surface area contributed by atoms with Crippen LogP contribution in [-0.4, -0.2) is 28.0 Å². The molecule has 2 aromatic carbocycles. The number of aliphatic imine (C=N–C) groups is 1. The highest BCUT2D eigenvalue weighted by Gasteiger charge is 2.26. The van der Waals surface area contributed by atoms with E-state index in [1.54, 1.807) is 0 Å². The Morgan fingerprint density at radius 1 is 1.06 bits per heavy atom. The number of hydrogen-bond acceptors (Lipinski definition) is 4. The zero-order valence-corrected chi connectivity index (χ0v) is 19.9. The Balaban J connectivity index is 1.73. The van der Waals surface area contributed by atoms with E-state index in [4.69, 9.17) is 33.0 Å². The zero-order chi connectivity index (χ0) is 23.4. The fourth-order valence-corrected chi connectivity index (χ4v) is 4.38. The van der Waals surface area contributed by atoms with Crippen LogP contribution in [0.25, 0.3) is 23.1 Å². The van der Waals surface area contributed by atoms with E-state index in [9.17, 15) is 0 Å². The minimum Gasteiger partial charge on any atom is -0.370 e. The van der Waals surface area contributed by atoms with Crippen molar-refractivity contribution < 1.29 is 0 Å². The third-order valence-corrected chi connectivity index (χ3v) is 6.32. The largest absolute Gasteiger partial charge is 0.370 e. The highest BCUT2D eigenvalue weighted by Crippen LogP contribution is 2.30. The first-order valence-electron chi connectivity index (χ1n) is 11.5. The molecule has 4 rings (SSSR count). The average molecular weight is 463 g/mol. The van der Waals surface area contributed by atoms with E-state index in [2.05, 4.69) is 42.4 Å². The van der Waals surface area contributed by atoms with Gasteiger partial charge in [-0.15, -0.1) is 0 Å².